The molecule has 3 rings (SSSR count). The molecule has 0 aliphatic carbocycles. The number of fused-ring (bicyclic) bond motifs is 1. The molecule has 0 saturated carbocycles. The van der Waals surface area contributed by atoms with E-state index in [0.717, 1.165) is 11.1 Å². The fourth-order valence-corrected chi connectivity index (χ4v) is 2.24. The summed E-state index contributed by atoms with van der Waals surface area (Å²) in [6, 6.07) is 15.0. The first-order valence-electron chi connectivity index (χ1n) is 6.38. The topological polar surface area (TPSA) is 28.7 Å². The summed E-state index contributed by atoms with van der Waals surface area (Å²) in [6.45, 7) is 0. The predicted octanol–water partition coefficient (Wildman–Crippen LogP) is 4.69. The number of H-pyrrole nitrogens is 1. The second-order valence-electron chi connectivity index (χ2n) is 4.64. The summed E-state index contributed by atoms with van der Waals surface area (Å²) in [5.41, 5.74) is 2.97. The second-order valence-corrected chi connectivity index (χ2v) is 4.64. The van der Waals surface area contributed by atoms with E-state index in [-0.39, 0.29) is 0 Å². The van der Waals surface area contributed by atoms with Gasteiger partial charge in [-0.1, -0.05) is 42.5 Å². The van der Waals surface area contributed by atoms with Gasteiger partial charge >= 0.3 is 6.08 Å². The first-order valence-corrected chi connectivity index (χ1v) is 6.38. The number of aromatic amines is 1. The molecule has 3 aromatic rings. The molecule has 0 fully saturated rings. The van der Waals surface area contributed by atoms with Crippen molar-refractivity contribution >= 4 is 16.9 Å². The normalized spacial score (nSPS) is 10.8. The van der Waals surface area contributed by atoms with Crippen molar-refractivity contribution in [1.29, 1.82) is 0 Å². The lowest BCUT2D eigenvalue weighted by Gasteiger charge is -2.02. The largest absolute Gasteiger partial charge is 0.336 e. The van der Waals surface area contributed by atoms with Crippen molar-refractivity contribution < 1.29 is 13.2 Å². The lowest BCUT2D eigenvalue weighted by Crippen LogP contribution is -1.89. The van der Waals surface area contributed by atoms with Crippen LogP contribution in [0, 0.1) is 0 Å². The number of aromatic nitrogens is 2. The van der Waals surface area contributed by atoms with Crippen LogP contribution in [0.25, 0.3) is 16.9 Å². The zero-order chi connectivity index (χ0) is 14.8. The van der Waals surface area contributed by atoms with Gasteiger partial charge in [-0.3, -0.25) is 0 Å². The van der Waals surface area contributed by atoms with Gasteiger partial charge < -0.3 is 4.98 Å². The van der Waals surface area contributed by atoms with Gasteiger partial charge in [0.1, 0.15) is 0 Å². The van der Waals surface area contributed by atoms with Crippen molar-refractivity contribution in [2.75, 3.05) is 0 Å². The molecule has 0 amide bonds. The molecule has 1 N–H and O–H groups in total. The van der Waals surface area contributed by atoms with Gasteiger partial charge in [0.05, 0.1) is 11.0 Å². The third kappa shape index (κ3) is 2.67. The van der Waals surface area contributed by atoms with Crippen molar-refractivity contribution in [2.45, 2.75) is 6.42 Å². The summed E-state index contributed by atoms with van der Waals surface area (Å²) in [6.07, 6.45) is -1.77. The van der Waals surface area contributed by atoms with Crippen molar-refractivity contribution in [1.82, 2.24) is 9.97 Å². The van der Waals surface area contributed by atoms with E-state index in [4.69, 9.17) is 0 Å². The van der Waals surface area contributed by atoms with Gasteiger partial charge in [-0.05, 0) is 23.6 Å². The van der Waals surface area contributed by atoms with Crippen LogP contribution in [0.15, 0.2) is 54.6 Å². The van der Waals surface area contributed by atoms with Crippen LogP contribution in [0.2, 0.25) is 0 Å². The molecule has 0 radical (unpaired) electrons. The van der Waals surface area contributed by atoms with E-state index in [9.17, 15) is 13.2 Å². The van der Waals surface area contributed by atoms with E-state index < -0.39 is 17.7 Å². The molecule has 106 valence electrons. The lowest BCUT2D eigenvalue weighted by molar-refractivity contribution is 0.409. The molecule has 0 saturated heterocycles. The fraction of sp³-hybridized carbons (Fsp3) is 0.0625. The van der Waals surface area contributed by atoms with E-state index >= 15 is 0 Å². The number of nitrogens with zero attached hydrogens (tertiary/aromatic N) is 1. The summed E-state index contributed by atoms with van der Waals surface area (Å²) < 4.78 is 38.0. The smallest absolute Gasteiger partial charge is 0.309 e. The molecule has 0 aliphatic heterocycles. The summed E-state index contributed by atoms with van der Waals surface area (Å²) in [7, 11) is 0. The number of rotatable bonds is 3. The zero-order valence-electron chi connectivity index (χ0n) is 10.9. The number of benzene rings is 2. The lowest BCUT2D eigenvalue weighted by atomic mass is 10.0. The average Bonchev–Trinajstić information content (AvgIpc) is 2.92. The fourth-order valence-electron chi connectivity index (χ4n) is 2.24. The summed E-state index contributed by atoms with van der Waals surface area (Å²) in [5.74, 6) is -2.05. The molecular weight excluding hydrogens is 277 g/mol. The highest BCUT2D eigenvalue weighted by Gasteiger charge is 2.15. The molecule has 0 spiro atoms. The minimum Gasteiger partial charge on any atom is -0.336 e. The number of para-hydroxylation sites is 1. The summed E-state index contributed by atoms with van der Waals surface area (Å²) in [5, 5.41) is 0. The highest BCUT2D eigenvalue weighted by molar-refractivity contribution is 5.81. The standard InChI is InChI=1S/C16H11F3N2/c17-13(15(18)19)16-20-12-8-4-7-11(14(12)21-16)9-10-5-2-1-3-6-10/h1-8H,9H2,(H,20,21). The van der Waals surface area contributed by atoms with Crippen LogP contribution in [-0.2, 0) is 6.42 Å². The Balaban J connectivity index is 2.06. The maximum absolute atomic E-state index is 13.3. The van der Waals surface area contributed by atoms with Crippen LogP contribution < -0.4 is 0 Å². The van der Waals surface area contributed by atoms with Gasteiger partial charge in [0.2, 0.25) is 5.83 Å². The van der Waals surface area contributed by atoms with Gasteiger partial charge in [0, 0.05) is 0 Å². The van der Waals surface area contributed by atoms with Crippen LogP contribution in [0.1, 0.15) is 17.0 Å². The highest BCUT2D eigenvalue weighted by Crippen LogP contribution is 2.25. The molecule has 1 heterocycles. The monoisotopic (exact) mass is 288 g/mol. The maximum atomic E-state index is 13.3. The van der Waals surface area contributed by atoms with Crippen LogP contribution in [0.3, 0.4) is 0 Å². The molecule has 0 unspecified atom stereocenters. The van der Waals surface area contributed by atoms with E-state index in [1.54, 1.807) is 12.1 Å². The Kier molecular flexibility index (Phi) is 3.48. The van der Waals surface area contributed by atoms with E-state index in [0.29, 0.717) is 17.5 Å². The molecule has 2 nitrogen and oxygen atoms in total. The average molecular weight is 288 g/mol. The van der Waals surface area contributed by atoms with Gasteiger partial charge in [-0.15, -0.1) is 0 Å². The first-order chi connectivity index (χ1) is 10.1. The molecule has 0 aliphatic rings. The van der Waals surface area contributed by atoms with Gasteiger partial charge in [0.25, 0.3) is 0 Å². The Hall–Kier alpha value is -2.56. The van der Waals surface area contributed by atoms with Gasteiger partial charge in [-0.2, -0.15) is 13.2 Å². The van der Waals surface area contributed by atoms with Crippen LogP contribution in [0.5, 0.6) is 0 Å². The number of hydrogen-bond donors (Lipinski definition) is 1. The quantitative estimate of drug-likeness (QED) is 0.744. The molecule has 21 heavy (non-hydrogen) atoms. The first kappa shape index (κ1) is 13.4. The molecule has 0 bridgehead atoms. The SMILES string of the molecule is FC(F)=C(F)c1nc2c(Cc3ccccc3)cccc2[nH]1. The van der Waals surface area contributed by atoms with Crippen molar-refractivity contribution in [3.8, 4) is 0 Å². The second kappa shape index (κ2) is 5.44. The van der Waals surface area contributed by atoms with E-state index in [1.807, 2.05) is 36.4 Å². The minimum absolute atomic E-state index is 0.439. The highest BCUT2D eigenvalue weighted by atomic mass is 19.3. The van der Waals surface area contributed by atoms with Gasteiger partial charge in [0.15, 0.2) is 5.82 Å². The van der Waals surface area contributed by atoms with Crippen LogP contribution in [0.4, 0.5) is 13.2 Å². The van der Waals surface area contributed by atoms with Crippen molar-refractivity contribution in [2.24, 2.45) is 0 Å². The predicted molar refractivity (Wildman–Crippen MR) is 75.6 cm³/mol. The van der Waals surface area contributed by atoms with Crippen molar-refractivity contribution in [3.05, 3.63) is 71.6 Å². The number of nitrogens with one attached hydrogen (secondary N) is 1. The van der Waals surface area contributed by atoms with E-state index in [2.05, 4.69) is 9.97 Å². The third-order valence-corrected chi connectivity index (χ3v) is 3.21. The zero-order valence-corrected chi connectivity index (χ0v) is 10.9. The Morgan fingerprint density at radius 1 is 0.952 bits per heavy atom. The Morgan fingerprint density at radius 2 is 1.71 bits per heavy atom. The van der Waals surface area contributed by atoms with Crippen molar-refractivity contribution in [3.63, 3.8) is 0 Å². The minimum atomic E-state index is -2.38. The maximum Gasteiger partial charge on any atom is 0.309 e. The molecule has 2 aromatic carbocycles. The Morgan fingerprint density at radius 3 is 2.43 bits per heavy atom. The van der Waals surface area contributed by atoms with Crippen LogP contribution in [-0.4, -0.2) is 9.97 Å². The number of halogens is 3. The van der Waals surface area contributed by atoms with Crippen LogP contribution >= 0.6 is 0 Å². The number of hydrogen-bond acceptors (Lipinski definition) is 1. The number of imidazole rings is 1. The Labute approximate surface area is 119 Å². The molecular formula is C16H11F3N2. The van der Waals surface area contributed by atoms with E-state index in [1.165, 1.54) is 0 Å². The Bertz CT molecular complexity index is 803. The third-order valence-electron chi connectivity index (χ3n) is 3.21. The molecule has 5 heteroatoms. The summed E-state index contributed by atoms with van der Waals surface area (Å²) in [4.78, 5) is 6.54. The van der Waals surface area contributed by atoms with Gasteiger partial charge in [-0.25, -0.2) is 4.98 Å². The molecule has 0 atom stereocenters. The molecule has 1 aromatic heterocycles. The summed E-state index contributed by atoms with van der Waals surface area (Å²) >= 11 is 0.